The molecule has 3 aliphatic rings. The minimum Gasteiger partial charge on any atom is -0.359 e. The molecule has 0 unspecified atom stereocenters. The Balaban J connectivity index is 1.33. The summed E-state index contributed by atoms with van der Waals surface area (Å²) >= 11 is 11.6. The number of fused-ring (bicyclic) bond motifs is 2. The van der Waals surface area contributed by atoms with Crippen molar-refractivity contribution in [1.29, 1.82) is 0 Å². The molecule has 2 heterocycles. The van der Waals surface area contributed by atoms with Gasteiger partial charge in [-0.25, -0.2) is 4.98 Å². The van der Waals surface area contributed by atoms with Crippen molar-refractivity contribution < 1.29 is 13.2 Å². The van der Waals surface area contributed by atoms with Crippen molar-refractivity contribution in [2.24, 2.45) is 11.8 Å². The predicted octanol–water partition coefficient (Wildman–Crippen LogP) is 3.71. The van der Waals surface area contributed by atoms with Gasteiger partial charge in [0.1, 0.15) is 5.82 Å². The number of thiocarbonyl (C=S) groups is 1. The number of nitrogens with zero attached hydrogens (tertiary/aromatic N) is 3. The predicted molar refractivity (Wildman–Crippen MR) is 103 cm³/mol. The third kappa shape index (κ3) is 3.87. The number of hydrogen-bond donors (Lipinski definition) is 1. The lowest BCUT2D eigenvalue weighted by atomic mass is 10.0. The molecule has 9 heteroatoms. The standard InChI is InChI=1S/C18H20ClF3N4S/c19-14-9-13(18(20,21)22)10-23-16(14)25-3-5-26(6-4-25)17(27)24-15-8-11-1-2-12(15)7-11/h1-2,9-12,15H,3-8H2,(H,24,27)/t11-,12-,15-/m1/s1. The molecule has 2 fully saturated rings. The quantitative estimate of drug-likeness (QED) is 0.586. The van der Waals surface area contributed by atoms with Crippen LogP contribution in [-0.2, 0) is 6.18 Å². The van der Waals surface area contributed by atoms with E-state index in [4.69, 9.17) is 23.8 Å². The van der Waals surface area contributed by atoms with Crippen LogP contribution in [0.15, 0.2) is 24.4 Å². The highest BCUT2D eigenvalue weighted by Gasteiger charge is 2.37. The fourth-order valence-corrected chi connectivity index (χ4v) is 4.76. The van der Waals surface area contributed by atoms with Crippen molar-refractivity contribution in [3.8, 4) is 0 Å². The number of piperazine rings is 1. The maximum atomic E-state index is 12.8. The van der Waals surface area contributed by atoms with Crippen LogP contribution in [-0.4, -0.2) is 47.2 Å². The summed E-state index contributed by atoms with van der Waals surface area (Å²) in [6.45, 7) is 2.58. The van der Waals surface area contributed by atoms with E-state index in [0.29, 0.717) is 49.9 Å². The zero-order valence-corrected chi connectivity index (χ0v) is 16.1. The van der Waals surface area contributed by atoms with Crippen LogP contribution in [0.25, 0.3) is 0 Å². The van der Waals surface area contributed by atoms with Gasteiger partial charge in [0.2, 0.25) is 0 Å². The van der Waals surface area contributed by atoms with Gasteiger partial charge in [-0.3, -0.25) is 0 Å². The summed E-state index contributed by atoms with van der Waals surface area (Å²) in [6, 6.07) is 1.35. The zero-order valence-electron chi connectivity index (χ0n) is 14.5. The first-order valence-corrected chi connectivity index (χ1v) is 9.81. The lowest BCUT2D eigenvalue weighted by Gasteiger charge is -2.38. The summed E-state index contributed by atoms with van der Waals surface area (Å²) in [5.41, 5.74) is -0.833. The Labute approximate surface area is 166 Å². The summed E-state index contributed by atoms with van der Waals surface area (Å²) in [5, 5.41) is 4.27. The van der Waals surface area contributed by atoms with Gasteiger partial charge in [0.05, 0.1) is 10.6 Å². The Bertz CT molecular complexity index is 761. The van der Waals surface area contributed by atoms with Crippen LogP contribution in [0.2, 0.25) is 5.02 Å². The van der Waals surface area contributed by atoms with Gasteiger partial charge < -0.3 is 15.1 Å². The van der Waals surface area contributed by atoms with Crippen molar-refractivity contribution in [2.75, 3.05) is 31.1 Å². The third-order valence-corrected chi connectivity index (χ3v) is 6.26. The number of nitrogens with one attached hydrogen (secondary N) is 1. The fraction of sp³-hybridized carbons (Fsp3) is 0.556. The second-order valence-electron chi connectivity index (χ2n) is 7.34. The average molecular weight is 417 g/mol. The highest BCUT2D eigenvalue weighted by atomic mass is 35.5. The van der Waals surface area contributed by atoms with Crippen molar-refractivity contribution in [3.63, 3.8) is 0 Å². The minimum absolute atomic E-state index is 0.0211. The molecule has 0 aromatic carbocycles. The van der Waals surface area contributed by atoms with Gasteiger partial charge in [-0.2, -0.15) is 13.2 Å². The molecule has 1 aromatic heterocycles. The van der Waals surface area contributed by atoms with Gasteiger partial charge in [-0.05, 0) is 43.0 Å². The van der Waals surface area contributed by atoms with Gasteiger partial charge in [-0.15, -0.1) is 0 Å². The molecule has 0 spiro atoms. The molecule has 0 amide bonds. The van der Waals surface area contributed by atoms with E-state index in [2.05, 4.69) is 27.4 Å². The molecule has 1 N–H and O–H groups in total. The Hall–Kier alpha value is -1.54. The van der Waals surface area contributed by atoms with Crippen molar-refractivity contribution >= 4 is 34.7 Å². The number of aromatic nitrogens is 1. The second kappa shape index (κ2) is 7.13. The Morgan fingerprint density at radius 1 is 1.19 bits per heavy atom. The minimum atomic E-state index is -4.44. The summed E-state index contributed by atoms with van der Waals surface area (Å²) < 4.78 is 38.3. The summed E-state index contributed by atoms with van der Waals surface area (Å²) in [7, 11) is 0. The van der Waals surface area contributed by atoms with E-state index >= 15 is 0 Å². The van der Waals surface area contributed by atoms with Crippen molar-refractivity contribution in [2.45, 2.75) is 25.1 Å². The van der Waals surface area contributed by atoms with Crippen LogP contribution < -0.4 is 10.2 Å². The van der Waals surface area contributed by atoms with E-state index in [1.807, 2.05) is 4.90 Å². The maximum Gasteiger partial charge on any atom is 0.417 e. The van der Waals surface area contributed by atoms with Crippen LogP contribution in [0.3, 0.4) is 0 Å². The normalized spacial score (nSPS) is 27.3. The van der Waals surface area contributed by atoms with Crippen molar-refractivity contribution in [3.05, 3.63) is 35.0 Å². The smallest absolute Gasteiger partial charge is 0.359 e. The molecular weight excluding hydrogens is 397 g/mol. The fourth-order valence-electron chi connectivity index (χ4n) is 4.14. The number of rotatable bonds is 2. The first-order valence-electron chi connectivity index (χ1n) is 9.03. The van der Waals surface area contributed by atoms with E-state index in [-0.39, 0.29) is 5.02 Å². The van der Waals surface area contributed by atoms with Crippen LogP contribution in [0.5, 0.6) is 0 Å². The maximum absolute atomic E-state index is 12.8. The number of hydrogen-bond acceptors (Lipinski definition) is 3. The molecule has 146 valence electrons. The number of anilines is 1. The largest absolute Gasteiger partial charge is 0.417 e. The number of alkyl halides is 3. The zero-order chi connectivity index (χ0) is 19.2. The molecule has 4 rings (SSSR count). The summed E-state index contributed by atoms with van der Waals surface area (Å²) in [6.07, 6.45) is 3.32. The van der Waals surface area contributed by atoms with E-state index in [1.165, 1.54) is 6.42 Å². The van der Waals surface area contributed by atoms with Gasteiger partial charge in [0.15, 0.2) is 5.11 Å². The Morgan fingerprint density at radius 3 is 2.48 bits per heavy atom. The SMILES string of the molecule is FC(F)(F)c1cnc(N2CCN(C(=S)N[C@@H]3C[C@@H]4C=C[C@@H]3C4)CC2)c(Cl)c1. The molecule has 1 aliphatic heterocycles. The van der Waals surface area contributed by atoms with E-state index in [1.54, 1.807) is 0 Å². The summed E-state index contributed by atoms with van der Waals surface area (Å²) in [5.74, 6) is 1.64. The number of pyridine rings is 1. The third-order valence-electron chi connectivity index (χ3n) is 5.60. The molecule has 27 heavy (non-hydrogen) atoms. The number of halogens is 4. The van der Waals surface area contributed by atoms with Gasteiger partial charge in [-0.1, -0.05) is 23.8 Å². The molecule has 1 aromatic rings. The molecule has 0 radical (unpaired) electrons. The van der Waals surface area contributed by atoms with Gasteiger partial charge >= 0.3 is 6.18 Å². The van der Waals surface area contributed by atoms with Crippen LogP contribution in [0, 0.1) is 11.8 Å². The summed E-state index contributed by atoms with van der Waals surface area (Å²) in [4.78, 5) is 7.96. The second-order valence-corrected chi connectivity index (χ2v) is 8.13. The average Bonchev–Trinajstić information content (AvgIpc) is 3.24. The Morgan fingerprint density at radius 2 is 1.93 bits per heavy atom. The lowest BCUT2D eigenvalue weighted by Crippen LogP contribution is -2.54. The van der Waals surface area contributed by atoms with Crippen LogP contribution in [0.4, 0.5) is 19.0 Å². The highest BCUT2D eigenvalue weighted by Crippen LogP contribution is 2.39. The van der Waals surface area contributed by atoms with Gasteiger partial charge in [0.25, 0.3) is 0 Å². The topological polar surface area (TPSA) is 31.4 Å². The molecule has 2 bridgehead atoms. The molecule has 1 saturated carbocycles. The molecule has 3 atom stereocenters. The van der Waals surface area contributed by atoms with E-state index < -0.39 is 11.7 Å². The monoisotopic (exact) mass is 416 g/mol. The molecule has 2 aliphatic carbocycles. The number of allylic oxidation sites excluding steroid dienone is 1. The molecule has 1 saturated heterocycles. The van der Waals surface area contributed by atoms with Gasteiger partial charge in [0, 0.05) is 38.4 Å². The first kappa shape index (κ1) is 18.8. The first-order chi connectivity index (χ1) is 12.8. The molecule has 4 nitrogen and oxygen atoms in total. The molecular formula is C18H20ClF3N4S. The van der Waals surface area contributed by atoms with Crippen LogP contribution in [0.1, 0.15) is 18.4 Å². The Kier molecular flexibility index (Phi) is 4.96. The highest BCUT2D eigenvalue weighted by molar-refractivity contribution is 7.80. The lowest BCUT2D eigenvalue weighted by molar-refractivity contribution is -0.137. The van der Waals surface area contributed by atoms with Crippen molar-refractivity contribution in [1.82, 2.24) is 15.2 Å². The van der Waals surface area contributed by atoms with E-state index in [0.717, 1.165) is 23.8 Å². The van der Waals surface area contributed by atoms with Crippen LogP contribution >= 0.6 is 23.8 Å². The van der Waals surface area contributed by atoms with E-state index in [9.17, 15) is 13.2 Å².